The number of benzene rings is 1. The summed E-state index contributed by atoms with van der Waals surface area (Å²) in [5.74, 6) is -0.484. The van der Waals surface area contributed by atoms with Crippen molar-refractivity contribution in [1.29, 1.82) is 0 Å². The van der Waals surface area contributed by atoms with Gasteiger partial charge in [0.15, 0.2) is 0 Å². The Hall–Kier alpha value is -0.960. The number of hydrogen-bond donors (Lipinski definition) is 1. The topological polar surface area (TPSA) is 12.0 Å². The van der Waals surface area contributed by atoms with Crippen LogP contribution in [0.25, 0.3) is 0 Å². The lowest BCUT2D eigenvalue weighted by Gasteiger charge is -2.34. The third-order valence-electron chi connectivity index (χ3n) is 3.36. The summed E-state index contributed by atoms with van der Waals surface area (Å²) in [5, 5.41) is 3.20. The first-order valence-corrected chi connectivity index (χ1v) is 5.91. The van der Waals surface area contributed by atoms with E-state index in [9.17, 15) is 8.78 Å². The van der Waals surface area contributed by atoms with E-state index in [0.717, 1.165) is 19.4 Å². The maximum atomic E-state index is 13.7. The van der Waals surface area contributed by atoms with Crippen molar-refractivity contribution in [3.63, 3.8) is 0 Å². The molecule has 3 heteroatoms. The van der Waals surface area contributed by atoms with Gasteiger partial charge in [0, 0.05) is 11.6 Å². The van der Waals surface area contributed by atoms with Crippen molar-refractivity contribution >= 4 is 0 Å². The summed E-state index contributed by atoms with van der Waals surface area (Å²) in [6, 6.07) is 3.92. The summed E-state index contributed by atoms with van der Waals surface area (Å²) in [5.41, 5.74) is 0.217. The maximum Gasteiger partial charge on any atom is 0.130 e. The average Bonchev–Trinajstić information content (AvgIpc) is 2.14. The highest BCUT2D eigenvalue weighted by Gasteiger charge is 2.31. The molecule has 1 aromatic rings. The van der Waals surface area contributed by atoms with E-state index in [2.05, 4.69) is 5.32 Å². The van der Waals surface area contributed by atoms with E-state index >= 15 is 0 Å². The summed E-state index contributed by atoms with van der Waals surface area (Å²) in [4.78, 5) is 0. The first-order chi connectivity index (χ1) is 7.74. The maximum absolute atomic E-state index is 13.7. The van der Waals surface area contributed by atoms with Crippen LogP contribution in [-0.2, 0) is 0 Å². The zero-order valence-electron chi connectivity index (χ0n) is 9.47. The van der Waals surface area contributed by atoms with Crippen molar-refractivity contribution in [2.75, 3.05) is 6.54 Å². The Labute approximate surface area is 94.9 Å². The lowest BCUT2D eigenvalue weighted by Crippen LogP contribution is -2.33. The van der Waals surface area contributed by atoms with Crippen LogP contribution in [-0.4, -0.2) is 6.54 Å². The molecule has 1 unspecified atom stereocenters. The van der Waals surface area contributed by atoms with Crippen LogP contribution in [0.4, 0.5) is 8.78 Å². The van der Waals surface area contributed by atoms with Gasteiger partial charge in [-0.15, -0.1) is 0 Å². The van der Waals surface area contributed by atoms with Gasteiger partial charge in [-0.1, -0.05) is 19.4 Å². The van der Waals surface area contributed by atoms with Gasteiger partial charge in [-0.25, -0.2) is 8.78 Å². The molecule has 1 atom stereocenters. The zero-order valence-corrected chi connectivity index (χ0v) is 9.47. The monoisotopic (exact) mass is 225 g/mol. The third kappa shape index (κ3) is 2.09. The summed E-state index contributed by atoms with van der Waals surface area (Å²) >= 11 is 0. The summed E-state index contributed by atoms with van der Waals surface area (Å²) in [6.07, 6.45) is 3.29. The van der Waals surface area contributed by atoms with Crippen molar-refractivity contribution in [3.05, 3.63) is 35.4 Å². The summed E-state index contributed by atoms with van der Waals surface area (Å²) in [7, 11) is 0. The van der Waals surface area contributed by atoms with E-state index in [1.54, 1.807) is 0 Å². The molecule has 0 heterocycles. The van der Waals surface area contributed by atoms with Gasteiger partial charge in [-0.2, -0.15) is 0 Å². The zero-order chi connectivity index (χ0) is 11.5. The molecule has 1 fully saturated rings. The molecule has 88 valence electrons. The van der Waals surface area contributed by atoms with Crippen molar-refractivity contribution in [1.82, 2.24) is 5.32 Å². The minimum Gasteiger partial charge on any atom is -0.310 e. The predicted molar refractivity (Wildman–Crippen MR) is 60.1 cm³/mol. The second-order valence-corrected chi connectivity index (χ2v) is 4.36. The lowest BCUT2D eigenvalue weighted by atomic mass is 9.77. The highest BCUT2D eigenvalue weighted by molar-refractivity contribution is 5.24. The lowest BCUT2D eigenvalue weighted by molar-refractivity contribution is 0.225. The van der Waals surface area contributed by atoms with E-state index in [1.165, 1.54) is 24.6 Å². The van der Waals surface area contributed by atoms with Crippen LogP contribution in [0.2, 0.25) is 0 Å². The Bertz CT molecular complexity index is 341. The molecule has 1 saturated carbocycles. The molecule has 0 bridgehead atoms. The molecule has 0 amide bonds. The molecule has 0 saturated heterocycles. The van der Waals surface area contributed by atoms with Crippen molar-refractivity contribution in [2.24, 2.45) is 5.92 Å². The first-order valence-electron chi connectivity index (χ1n) is 5.91. The Kier molecular flexibility index (Phi) is 3.54. The molecule has 1 N–H and O–H groups in total. The number of nitrogens with one attached hydrogen (secondary N) is 1. The number of hydrogen-bond acceptors (Lipinski definition) is 1. The molecule has 1 nitrogen and oxygen atoms in total. The molecule has 0 aromatic heterocycles. The minimum atomic E-state index is -0.433. The van der Waals surface area contributed by atoms with E-state index in [0.29, 0.717) is 5.92 Å². The van der Waals surface area contributed by atoms with E-state index in [4.69, 9.17) is 0 Å². The highest BCUT2D eigenvalue weighted by Crippen LogP contribution is 2.39. The van der Waals surface area contributed by atoms with Crippen LogP contribution in [0.1, 0.15) is 37.8 Å². The van der Waals surface area contributed by atoms with Crippen LogP contribution in [0.5, 0.6) is 0 Å². The van der Waals surface area contributed by atoms with Crippen LogP contribution in [0.3, 0.4) is 0 Å². The van der Waals surface area contributed by atoms with Crippen molar-refractivity contribution in [3.8, 4) is 0 Å². The minimum absolute atomic E-state index is 0.167. The fourth-order valence-corrected chi connectivity index (χ4v) is 2.31. The molecular weight excluding hydrogens is 208 g/mol. The molecule has 0 radical (unpaired) electrons. The van der Waals surface area contributed by atoms with Gasteiger partial charge in [-0.05, 0) is 37.4 Å². The van der Waals surface area contributed by atoms with Crippen LogP contribution in [0.15, 0.2) is 18.2 Å². The molecule has 1 aliphatic carbocycles. The molecule has 1 aromatic carbocycles. The second-order valence-electron chi connectivity index (χ2n) is 4.36. The molecular formula is C13H17F2N. The molecule has 0 spiro atoms. The summed E-state index contributed by atoms with van der Waals surface area (Å²) < 4.78 is 27.3. The van der Waals surface area contributed by atoms with E-state index < -0.39 is 11.6 Å². The van der Waals surface area contributed by atoms with Gasteiger partial charge >= 0.3 is 0 Å². The summed E-state index contributed by atoms with van der Waals surface area (Å²) in [6.45, 7) is 2.69. The van der Waals surface area contributed by atoms with Gasteiger partial charge in [0.2, 0.25) is 0 Å². The molecule has 0 aliphatic heterocycles. The normalized spacial score (nSPS) is 18.2. The van der Waals surface area contributed by atoms with Crippen LogP contribution >= 0.6 is 0 Å². The molecule has 16 heavy (non-hydrogen) atoms. The van der Waals surface area contributed by atoms with Gasteiger partial charge < -0.3 is 5.32 Å². The highest BCUT2D eigenvalue weighted by atomic mass is 19.1. The van der Waals surface area contributed by atoms with E-state index in [1.807, 2.05) is 6.92 Å². The Morgan fingerprint density at radius 2 is 1.94 bits per heavy atom. The van der Waals surface area contributed by atoms with Gasteiger partial charge in [0.05, 0.1) is 0 Å². The largest absolute Gasteiger partial charge is 0.310 e. The standard InChI is InChI=1S/C13H17F2N/c1-2-16-13(9-5-3-6-9)12-10(14)7-4-8-11(12)15/h4,7-9,13,16H,2-3,5-6H2,1H3. The van der Waals surface area contributed by atoms with Gasteiger partial charge in [0.25, 0.3) is 0 Å². The fourth-order valence-electron chi connectivity index (χ4n) is 2.31. The average molecular weight is 225 g/mol. The van der Waals surface area contributed by atoms with Gasteiger partial charge in [-0.3, -0.25) is 0 Å². The quantitative estimate of drug-likeness (QED) is 0.828. The van der Waals surface area contributed by atoms with Crippen LogP contribution in [0, 0.1) is 17.6 Å². The Morgan fingerprint density at radius 3 is 2.38 bits per heavy atom. The predicted octanol–water partition coefficient (Wildman–Crippen LogP) is 3.42. The smallest absolute Gasteiger partial charge is 0.130 e. The third-order valence-corrected chi connectivity index (χ3v) is 3.36. The number of halogens is 2. The molecule has 2 rings (SSSR count). The Morgan fingerprint density at radius 1 is 1.31 bits per heavy atom. The number of rotatable bonds is 4. The van der Waals surface area contributed by atoms with Gasteiger partial charge in [0.1, 0.15) is 11.6 Å². The molecule has 1 aliphatic rings. The Balaban J connectivity index is 2.29. The fraction of sp³-hybridized carbons (Fsp3) is 0.538. The second kappa shape index (κ2) is 4.91. The van der Waals surface area contributed by atoms with Crippen LogP contribution < -0.4 is 5.32 Å². The first kappa shape index (κ1) is 11.5. The SMILES string of the molecule is CCNC(c1c(F)cccc1F)C1CCC1. The van der Waals surface area contributed by atoms with Crippen molar-refractivity contribution in [2.45, 2.75) is 32.2 Å². The van der Waals surface area contributed by atoms with Crippen molar-refractivity contribution < 1.29 is 8.78 Å². The van der Waals surface area contributed by atoms with E-state index in [-0.39, 0.29) is 11.6 Å².